The predicted molar refractivity (Wildman–Crippen MR) is 65.8 cm³/mol. The van der Waals surface area contributed by atoms with Gasteiger partial charge in [-0.05, 0) is 12.3 Å². The van der Waals surface area contributed by atoms with Crippen molar-refractivity contribution in [1.29, 1.82) is 0 Å². The molecule has 0 spiro atoms. The van der Waals surface area contributed by atoms with Crippen LogP contribution in [-0.2, 0) is 9.59 Å². The van der Waals surface area contributed by atoms with Gasteiger partial charge in [-0.1, -0.05) is 45.6 Å². The molecule has 0 heterocycles. The van der Waals surface area contributed by atoms with Gasteiger partial charge in [0, 0.05) is 6.08 Å². The number of hydrogen-bond acceptors (Lipinski definition) is 2. The molecule has 2 unspecified atom stereocenters. The van der Waals surface area contributed by atoms with Crippen molar-refractivity contribution < 1.29 is 19.8 Å². The summed E-state index contributed by atoms with van der Waals surface area (Å²) < 4.78 is 0. The molecule has 0 radical (unpaired) electrons. The molecule has 0 aliphatic rings. The zero-order chi connectivity index (χ0) is 13.3. The second-order valence-corrected chi connectivity index (χ2v) is 4.39. The predicted octanol–water partition coefficient (Wildman–Crippen LogP) is 2.93. The summed E-state index contributed by atoms with van der Waals surface area (Å²) >= 11 is 0. The summed E-state index contributed by atoms with van der Waals surface area (Å²) in [5.41, 5.74) is 0. The Labute approximate surface area is 102 Å². The van der Waals surface area contributed by atoms with E-state index in [1.807, 2.05) is 6.92 Å². The van der Waals surface area contributed by atoms with Gasteiger partial charge in [0.1, 0.15) is 0 Å². The largest absolute Gasteiger partial charge is 0.481 e. The van der Waals surface area contributed by atoms with Gasteiger partial charge in [-0.2, -0.15) is 0 Å². The van der Waals surface area contributed by atoms with E-state index >= 15 is 0 Å². The minimum atomic E-state index is -1.10. The van der Waals surface area contributed by atoms with Crippen molar-refractivity contribution in [3.63, 3.8) is 0 Å². The van der Waals surface area contributed by atoms with E-state index in [2.05, 4.69) is 6.92 Å². The number of aliphatic carboxylic acids is 2. The molecule has 0 aliphatic heterocycles. The number of carboxylic acids is 2. The van der Waals surface area contributed by atoms with Crippen LogP contribution in [0.25, 0.3) is 0 Å². The zero-order valence-electron chi connectivity index (χ0n) is 10.6. The van der Waals surface area contributed by atoms with E-state index in [0.717, 1.165) is 38.2 Å². The van der Waals surface area contributed by atoms with Crippen molar-refractivity contribution in [2.75, 3.05) is 0 Å². The third kappa shape index (κ3) is 7.55. The van der Waals surface area contributed by atoms with Gasteiger partial charge in [0.2, 0.25) is 0 Å². The molecule has 4 heteroatoms. The maximum absolute atomic E-state index is 11.0. The van der Waals surface area contributed by atoms with E-state index in [-0.39, 0.29) is 5.92 Å². The van der Waals surface area contributed by atoms with Crippen molar-refractivity contribution in [3.05, 3.63) is 12.2 Å². The van der Waals surface area contributed by atoms with E-state index in [4.69, 9.17) is 10.2 Å². The van der Waals surface area contributed by atoms with Gasteiger partial charge >= 0.3 is 11.9 Å². The van der Waals surface area contributed by atoms with Crippen LogP contribution in [0.3, 0.4) is 0 Å². The molecule has 0 bridgehead atoms. The van der Waals surface area contributed by atoms with Crippen LogP contribution in [0.2, 0.25) is 0 Å². The summed E-state index contributed by atoms with van der Waals surface area (Å²) in [6.07, 6.45) is 7.43. The summed E-state index contributed by atoms with van der Waals surface area (Å²) in [5, 5.41) is 17.5. The summed E-state index contributed by atoms with van der Waals surface area (Å²) in [6, 6.07) is 0. The summed E-state index contributed by atoms with van der Waals surface area (Å²) in [6.45, 7) is 3.98. The molecule has 0 saturated heterocycles. The molecule has 4 nitrogen and oxygen atoms in total. The van der Waals surface area contributed by atoms with E-state index < -0.39 is 17.9 Å². The SMILES string of the molecule is CCCCCCC(C)C(C=CC(=O)O)C(=O)O. The normalized spacial score (nSPS) is 14.7. The van der Waals surface area contributed by atoms with Crippen LogP contribution in [-0.4, -0.2) is 22.2 Å². The second kappa shape index (κ2) is 8.79. The summed E-state index contributed by atoms with van der Waals surface area (Å²) in [4.78, 5) is 21.4. The van der Waals surface area contributed by atoms with Gasteiger partial charge in [0.05, 0.1) is 5.92 Å². The van der Waals surface area contributed by atoms with Crippen molar-refractivity contribution in [2.45, 2.75) is 46.0 Å². The fourth-order valence-corrected chi connectivity index (χ4v) is 1.77. The molecule has 2 N–H and O–H groups in total. The Balaban J connectivity index is 4.20. The molecule has 98 valence electrons. The van der Waals surface area contributed by atoms with Gasteiger partial charge in [-0.3, -0.25) is 4.79 Å². The van der Waals surface area contributed by atoms with Gasteiger partial charge < -0.3 is 10.2 Å². The molecule has 0 fully saturated rings. The number of unbranched alkanes of at least 4 members (excludes halogenated alkanes) is 3. The first kappa shape index (κ1) is 15.7. The zero-order valence-corrected chi connectivity index (χ0v) is 10.6. The third-order valence-electron chi connectivity index (χ3n) is 2.86. The molecule has 0 amide bonds. The van der Waals surface area contributed by atoms with Crippen molar-refractivity contribution in [2.24, 2.45) is 11.8 Å². The first-order valence-electron chi connectivity index (χ1n) is 6.13. The highest BCUT2D eigenvalue weighted by atomic mass is 16.4. The fourth-order valence-electron chi connectivity index (χ4n) is 1.77. The van der Waals surface area contributed by atoms with Crippen LogP contribution in [0.15, 0.2) is 12.2 Å². The van der Waals surface area contributed by atoms with Crippen molar-refractivity contribution in [1.82, 2.24) is 0 Å². The number of rotatable bonds is 9. The highest BCUT2D eigenvalue weighted by molar-refractivity contribution is 5.81. The Bertz CT molecular complexity index is 271. The fraction of sp³-hybridized carbons (Fsp3) is 0.692. The maximum atomic E-state index is 11.0. The first-order chi connectivity index (χ1) is 7.99. The molecular formula is C13H22O4. The quantitative estimate of drug-likeness (QED) is 0.481. The lowest BCUT2D eigenvalue weighted by Gasteiger charge is -2.16. The Hall–Kier alpha value is -1.32. The smallest absolute Gasteiger partial charge is 0.328 e. The van der Waals surface area contributed by atoms with Gasteiger partial charge in [0.25, 0.3) is 0 Å². The van der Waals surface area contributed by atoms with E-state index in [0.29, 0.717) is 0 Å². The number of carbonyl (C=O) groups is 2. The lowest BCUT2D eigenvalue weighted by Crippen LogP contribution is -2.19. The van der Waals surface area contributed by atoms with Crippen LogP contribution in [0, 0.1) is 11.8 Å². The second-order valence-electron chi connectivity index (χ2n) is 4.39. The number of carboxylic acid groups (broad SMARTS) is 2. The molecule has 0 aromatic rings. The molecule has 0 aliphatic carbocycles. The molecule has 0 saturated carbocycles. The Kier molecular flexibility index (Phi) is 8.11. The standard InChI is InChI=1S/C13H22O4/c1-3-4-5-6-7-10(2)11(13(16)17)8-9-12(14)15/h8-11H,3-7H2,1-2H3,(H,14,15)(H,16,17). The van der Waals surface area contributed by atoms with Crippen LogP contribution >= 0.6 is 0 Å². The Morgan fingerprint density at radius 3 is 2.29 bits per heavy atom. The Morgan fingerprint density at radius 1 is 1.18 bits per heavy atom. The van der Waals surface area contributed by atoms with Crippen molar-refractivity contribution in [3.8, 4) is 0 Å². The molecular weight excluding hydrogens is 220 g/mol. The molecule has 0 aromatic carbocycles. The van der Waals surface area contributed by atoms with E-state index in [9.17, 15) is 9.59 Å². The Morgan fingerprint density at radius 2 is 1.82 bits per heavy atom. The maximum Gasteiger partial charge on any atom is 0.328 e. The minimum absolute atomic E-state index is 0.0278. The van der Waals surface area contributed by atoms with Gasteiger partial charge in [-0.15, -0.1) is 0 Å². The highest BCUT2D eigenvalue weighted by Crippen LogP contribution is 2.20. The van der Waals surface area contributed by atoms with Gasteiger partial charge in [0.15, 0.2) is 0 Å². The topological polar surface area (TPSA) is 74.6 Å². The average molecular weight is 242 g/mol. The highest BCUT2D eigenvalue weighted by Gasteiger charge is 2.21. The third-order valence-corrected chi connectivity index (χ3v) is 2.86. The number of hydrogen-bond donors (Lipinski definition) is 2. The summed E-state index contributed by atoms with van der Waals surface area (Å²) in [7, 11) is 0. The lowest BCUT2D eigenvalue weighted by atomic mass is 9.89. The lowest BCUT2D eigenvalue weighted by molar-refractivity contribution is -0.141. The monoisotopic (exact) mass is 242 g/mol. The molecule has 2 atom stereocenters. The van der Waals surface area contributed by atoms with Crippen LogP contribution in [0.1, 0.15) is 46.0 Å². The average Bonchev–Trinajstić information content (AvgIpc) is 2.23. The molecule has 17 heavy (non-hydrogen) atoms. The van der Waals surface area contributed by atoms with E-state index in [1.54, 1.807) is 0 Å². The molecule has 0 rings (SSSR count). The van der Waals surface area contributed by atoms with Crippen molar-refractivity contribution >= 4 is 11.9 Å². The van der Waals surface area contributed by atoms with Gasteiger partial charge in [-0.25, -0.2) is 4.79 Å². The van der Waals surface area contributed by atoms with Crippen LogP contribution < -0.4 is 0 Å². The van der Waals surface area contributed by atoms with Crippen LogP contribution in [0.4, 0.5) is 0 Å². The van der Waals surface area contributed by atoms with Crippen LogP contribution in [0.5, 0.6) is 0 Å². The first-order valence-corrected chi connectivity index (χ1v) is 6.13. The minimum Gasteiger partial charge on any atom is -0.481 e. The molecule has 0 aromatic heterocycles. The summed E-state index contributed by atoms with van der Waals surface area (Å²) in [5.74, 6) is -2.78. The van der Waals surface area contributed by atoms with E-state index in [1.165, 1.54) is 6.08 Å².